The largest absolute Gasteiger partial charge is 0.381 e. The summed E-state index contributed by atoms with van der Waals surface area (Å²) in [6.45, 7) is 5.66. The molecule has 15 heavy (non-hydrogen) atoms. The van der Waals surface area contributed by atoms with Crippen molar-refractivity contribution in [2.24, 2.45) is 5.92 Å². The van der Waals surface area contributed by atoms with Crippen LogP contribution in [0.2, 0.25) is 0 Å². The van der Waals surface area contributed by atoms with Gasteiger partial charge in [0.05, 0.1) is 12.0 Å². The minimum Gasteiger partial charge on any atom is -0.381 e. The van der Waals surface area contributed by atoms with Gasteiger partial charge in [-0.15, -0.1) is 11.8 Å². The van der Waals surface area contributed by atoms with Crippen molar-refractivity contribution in [3.8, 4) is 0 Å². The fourth-order valence-corrected chi connectivity index (χ4v) is 2.98. The summed E-state index contributed by atoms with van der Waals surface area (Å²) < 4.78 is 5.51. The highest BCUT2D eigenvalue weighted by Gasteiger charge is 2.26. The van der Waals surface area contributed by atoms with Crippen LogP contribution in [-0.2, 0) is 4.74 Å². The highest BCUT2D eigenvalue weighted by molar-refractivity contribution is 8.03. The lowest BCUT2D eigenvalue weighted by Crippen LogP contribution is -2.44. The molecule has 4 heteroatoms. The van der Waals surface area contributed by atoms with Crippen LogP contribution in [-0.4, -0.2) is 43.6 Å². The number of nitrogens with one attached hydrogen (secondary N) is 1. The summed E-state index contributed by atoms with van der Waals surface area (Å²) in [6.07, 6.45) is 3.81. The third kappa shape index (κ3) is 2.89. The average molecular weight is 228 g/mol. The number of thioether (sulfide) groups is 1. The van der Waals surface area contributed by atoms with E-state index >= 15 is 0 Å². The van der Waals surface area contributed by atoms with Crippen LogP contribution in [0.4, 0.5) is 0 Å². The van der Waals surface area contributed by atoms with E-state index in [4.69, 9.17) is 4.74 Å². The second-order valence-electron chi connectivity index (χ2n) is 4.38. The van der Waals surface area contributed by atoms with E-state index in [0.29, 0.717) is 12.0 Å². The van der Waals surface area contributed by atoms with Crippen molar-refractivity contribution >= 4 is 11.8 Å². The molecule has 0 saturated carbocycles. The van der Waals surface area contributed by atoms with Gasteiger partial charge in [0.1, 0.15) is 0 Å². The Hall–Kier alpha value is -0.190. The van der Waals surface area contributed by atoms with Crippen LogP contribution in [0, 0.1) is 5.92 Å². The van der Waals surface area contributed by atoms with Gasteiger partial charge in [-0.05, 0) is 18.9 Å². The molecular formula is C11H20N2OS. The Kier molecular flexibility index (Phi) is 3.94. The third-order valence-electron chi connectivity index (χ3n) is 3.26. The lowest BCUT2D eigenvalue weighted by Gasteiger charge is -2.36. The molecular weight excluding hydrogens is 208 g/mol. The molecule has 2 rings (SSSR count). The summed E-state index contributed by atoms with van der Waals surface area (Å²) in [5, 5.41) is 3.24. The van der Waals surface area contributed by atoms with Gasteiger partial charge in [-0.2, -0.15) is 0 Å². The molecule has 2 aliphatic rings. The minimum atomic E-state index is 0.415. The fraction of sp³-hybridized carbons (Fsp3) is 0.818. The van der Waals surface area contributed by atoms with Crippen LogP contribution in [0.15, 0.2) is 11.1 Å². The van der Waals surface area contributed by atoms with Crippen molar-refractivity contribution in [3.63, 3.8) is 0 Å². The van der Waals surface area contributed by atoms with Gasteiger partial charge in [0, 0.05) is 31.3 Å². The van der Waals surface area contributed by atoms with Crippen molar-refractivity contribution in [2.75, 3.05) is 32.6 Å². The third-order valence-corrected chi connectivity index (χ3v) is 4.19. The Labute approximate surface area is 96.2 Å². The normalized spacial score (nSPS) is 32.5. The summed E-state index contributed by atoms with van der Waals surface area (Å²) in [6, 6.07) is 0. The van der Waals surface area contributed by atoms with Crippen molar-refractivity contribution in [1.82, 2.24) is 10.2 Å². The molecule has 3 nitrogen and oxygen atoms in total. The van der Waals surface area contributed by atoms with Crippen molar-refractivity contribution in [1.29, 1.82) is 0 Å². The number of likely N-dealkylation sites (tertiary alicyclic amines) is 1. The van der Waals surface area contributed by atoms with Crippen LogP contribution < -0.4 is 5.32 Å². The standard InChI is InChI=1S/C11H20N2OS/c1-9-3-4-13(7-11(9)14-2)6-10-5-12-8-15-10/h5,9,11-12H,3-4,6-8H2,1-2H3/t9-,11+/m1/s1. The Bertz CT molecular complexity index is 245. The van der Waals surface area contributed by atoms with Gasteiger partial charge in [0.2, 0.25) is 0 Å². The number of nitrogens with zero attached hydrogens (tertiary/aromatic N) is 1. The summed E-state index contributed by atoms with van der Waals surface area (Å²) in [4.78, 5) is 3.96. The lowest BCUT2D eigenvalue weighted by molar-refractivity contribution is -0.00150. The zero-order chi connectivity index (χ0) is 10.7. The minimum absolute atomic E-state index is 0.415. The smallest absolute Gasteiger partial charge is 0.0724 e. The van der Waals surface area contributed by atoms with Gasteiger partial charge in [-0.3, -0.25) is 4.90 Å². The van der Waals surface area contributed by atoms with Crippen molar-refractivity contribution in [3.05, 3.63) is 11.1 Å². The van der Waals surface area contributed by atoms with E-state index in [-0.39, 0.29) is 0 Å². The number of rotatable bonds is 3. The second kappa shape index (κ2) is 5.23. The van der Waals surface area contributed by atoms with Gasteiger partial charge in [0.25, 0.3) is 0 Å². The monoisotopic (exact) mass is 228 g/mol. The summed E-state index contributed by atoms with van der Waals surface area (Å²) in [5.74, 6) is 1.74. The summed E-state index contributed by atoms with van der Waals surface area (Å²) in [5.41, 5.74) is 0. The number of methoxy groups -OCH3 is 1. The molecule has 1 fully saturated rings. The Morgan fingerprint density at radius 1 is 1.67 bits per heavy atom. The molecule has 2 atom stereocenters. The first-order chi connectivity index (χ1) is 7.29. The van der Waals surface area contributed by atoms with Crippen molar-refractivity contribution < 1.29 is 4.74 Å². The van der Waals surface area contributed by atoms with Gasteiger partial charge < -0.3 is 10.1 Å². The molecule has 1 N–H and O–H groups in total. The van der Waals surface area contributed by atoms with E-state index in [2.05, 4.69) is 23.3 Å². The van der Waals surface area contributed by atoms with Crippen LogP contribution >= 0.6 is 11.8 Å². The molecule has 2 heterocycles. The Balaban J connectivity index is 1.83. The van der Waals surface area contributed by atoms with E-state index in [1.165, 1.54) is 17.9 Å². The second-order valence-corrected chi connectivity index (χ2v) is 5.48. The predicted molar refractivity (Wildman–Crippen MR) is 64.7 cm³/mol. The van der Waals surface area contributed by atoms with E-state index < -0.39 is 0 Å². The van der Waals surface area contributed by atoms with Gasteiger partial charge in [0.15, 0.2) is 0 Å². The zero-order valence-electron chi connectivity index (χ0n) is 9.53. The van der Waals surface area contributed by atoms with Gasteiger partial charge in [-0.1, -0.05) is 6.92 Å². The topological polar surface area (TPSA) is 24.5 Å². The molecule has 0 radical (unpaired) electrons. The maximum absolute atomic E-state index is 5.51. The molecule has 86 valence electrons. The molecule has 0 aromatic carbocycles. The van der Waals surface area contributed by atoms with E-state index in [0.717, 1.165) is 19.0 Å². The zero-order valence-corrected chi connectivity index (χ0v) is 10.3. The molecule has 0 aromatic rings. The average Bonchev–Trinajstić information content (AvgIpc) is 2.73. The Morgan fingerprint density at radius 2 is 2.53 bits per heavy atom. The molecule has 0 amide bonds. The molecule has 0 aliphatic carbocycles. The molecule has 0 bridgehead atoms. The Morgan fingerprint density at radius 3 is 3.20 bits per heavy atom. The van der Waals surface area contributed by atoms with Gasteiger partial charge >= 0.3 is 0 Å². The van der Waals surface area contributed by atoms with E-state index in [1.807, 2.05) is 18.9 Å². The lowest BCUT2D eigenvalue weighted by atomic mass is 9.96. The van der Waals surface area contributed by atoms with Crippen molar-refractivity contribution in [2.45, 2.75) is 19.4 Å². The number of ether oxygens (including phenoxy) is 1. The first-order valence-corrected chi connectivity index (χ1v) is 6.58. The van der Waals surface area contributed by atoms with Crippen LogP contribution in [0.3, 0.4) is 0 Å². The summed E-state index contributed by atoms with van der Waals surface area (Å²) in [7, 11) is 1.83. The van der Waals surface area contributed by atoms with E-state index in [1.54, 1.807) is 0 Å². The van der Waals surface area contributed by atoms with E-state index in [9.17, 15) is 0 Å². The predicted octanol–water partition coefficient (Wildman–Crippen LogP) is 1.48. The van der Waals surface area contributed by atoms with Gasteiger partial charge in [-0.25, -0.2) is 0 Å². The first kappa shape index (κ1) is 11.3. The molecule has 0 unspecified atom stereocenters. The quantitative estimate of drug-likeness (QED) is 0.791. The molecule has 1 saturated heterocycles. The first-order valence-electron chi connectivity index (χ1n) is 5.60. The maximum atomic E-state index is 5.51. The highest BCUT2D eigenvalue weighted by atomic mass is 32.2. The molecule has 2 aliphatic heterocycles. The number of hydrogen-bond acceptors (Lipinski definition) is 4. The SMILES string of the molecule is CO[C@H]1CN(CC2=CNCS2)CC[C@H]1C. The number of hydrogen-bond donors (Lipinski definition) is 1. The number of piperidine rings is 1. The fourth-order valence-electron chi connectivity index (χ4n) is 2.19. The summed E-state index contributed by atoms with van der Waals surface area (Å²) >= 11 is 1.91. The maximum Gasteiger partial charge on any atom is 0.0724 e. The molecule has 0 spiro atoms. The van der Waals surface area contributed by atoms with Crippen LogP contribution in [0.25, 0.3) is 0 Å². The van der Waals surface area contributed by atoms with Crippen LogP contribution in [0.1, 0.15) is 13.3 Å². The van der Waals surface area contributed by atoms with Crippen LogP contribution in [0.5, 0.6) is 0 Å². The molecule has 0 aromatic heterocycles. The highest BCUT2D eigenvalue weighted by Crippen LogP contribution is 2.24.